The molecule has 2 aromatic rings. The van der Waals surface area contributed by atoms with Crippen molar-refractivity contribution in [3.8, 4) is 0 Å². The van der Waals surface area contributed by atoms with E-state index in [1.165, 1.54) is 0 Å². The molecular formula is C19H17ClN2O3S. The zero-order valence-electron chi connectivity index (χ0n) is 14.1. The first kappa shape index (κ1) is 18.5. The van der Waals surface area contributed by atoms with Gasteiger partial charge in [0.15, 0.2) is 0 Å². The Bertz CT molecular complexity index is 836. The monoisotopic (exact) mass is 388 g/mol. The van der Waals surface area contributed by atoms with Crippen LogP contribution in [-0.4, -0.2) is 40.7 Å². The van der Waals surface area contributed by atoms with Crippen LogP contribution >= 0.6 is 23.4 Å². The maximum Gasteiger partial charge on any atom is 0.262 e. The Morgan fingerprint density at radius 1 is 1.12 bits per heavy atom. The second-order valence-electron chi connectivity index (χ2n) is 5.82. The van der Waals surface area contributed by atoms with E-state index in [0.717, 1.165) is 4.90 Å². The number of thioether (sulfide) groups is 1. The number of carbonyl (C=O) groups is 3. The minimum atomic E-state index is -0.881. The zero-order chi connectivity index (χ0) is 18.7. The summed E-state index contributed by atoms with van der Waals surface area (Å²) in [6, 6.07) is 12.5. The van der Waals surface area contributed by atoms with Crippen molar-refractivity contribution in [2.24, 2.45) is 0 Å². The van der Waals surface area contributed by atoms with Gasteiger partial charge < -0.3 is 5.32 Å². The van der Waals surface area contributed by atoms with Gasteiger partial charge in [-0.2, -0.15) is 11.8 Å². The number of benzene rings is 2. The quantitative estimate of drug-likeness (QED) is 0.766. The highest BCUT2D eigenvalue weighted by molar-refractivity contribution is 7.98. The van der Waals surface area contributed by atoms with Gasteiger partial charge in [0.05, 0.1) is 11.1 Å². The fourth-order valence-electron chi connectivity index (χ4n) is 2.89. The number of nitrogens with zero attached hydrogens (tertiary/aromatic N) is 1. The zero-order valence-corrected chi connectivity index (χ0v) is 15.6. The molecular weight excluding hydrogens is 372 g/mol. The number of halogens is 1. The molecule has 7 heteroatoms. The smallest absolute Gasteiger partial charge is 0.262 e. The molecule has 0 fully saturated rings. The Morgan fingerprint density at radius 2 is 1.77 bits per heavy atom. The van der Waals surface area contributed by atoms with Crippen molar-refractivity contribution in [1.82, 2.24) is 4.90 Å². The van der Waals surface area contributed by atoms with E-state index in [-0.39, 0.29) is 0 Å². The van der Waals surface area contributed by atoms with Crippen molar-refractivity contribution >= 4 is 46.8 Å². The number of imide groups is 1. The predicted octanol–water partition coefficient (Wildman–Crippen LogP) is 3.70. The van der Waals surface area contributed by atoms with E-state index < -0.39 is 23.8 Å². The third-order valence-electron chi connectivity index (χ3n) is 4.13. The number of carbonyl (C=O) groups excluding carboxylic acids is 3. The van der Waals surface area contributed by atoms with E-state index in [1.54, 1.807) is 60.3 Å². The van der Waals surface area contributed by atoms with Gasteiger partial charge in [0.1, 0.15) is 6.04 Å². The minimum Gasteiger partial charge on any atom is -0.324 e. The second-order valence-corrected chi connectivity index (χ2v) is 7.24. The fourth-order valence-corrected chi connectivity index (χ4v) is 3.54. The van der Waals surface area contributed by atoms with Crippen molar-refractivity contribution in [3.63, 3.8) is 0 Å². The van der Waals surface area contributed by atoms with Gasteiger partial charge in [-0.15, -0.1) is 0 Å². The third-order valence-corrected chi connectivity index (χ3v) is 5.01. The molecule has 0 aromatic heterocycles. The topological polar surface area (TPSA) is 66.5 Å². The average Bonchev–Trinajstić information content (AvgIpc) is 2.87. The molecule has 0 saturated carbocycles. The lowest BCUT2D eigenvalue weighted by molar-refractivity contribution is -0.120. The molecule has 1 aliphatic heterocycles. The lowest BCUT2D eigenvalue weighted by Gasteiger charge is -2.25. The lowest BCUT2D eigenvalue weighted by Crippen LogP contribution is -2.47. The molecule has 5 nitrogen and oxygen atoms in total. The summed E-state index contributed by atoms with van der Waals surface area (Å²) >= 11 is 7.50. The minimum absolute atomic E-state index is 0.335. The molecule has 0 aliphatic carbocycles. The number of anilines is 1. The molecule has 1 aliphatic rings. The standard InChI is InChI=1S/C19H17ClN2O3S/c1-26-10-9-16(17(23)21-13-6-4-5-12(20)11-13)22-18(24)14-7-2-3-8-15(14)19(22)25/h2-8,11,16H,9-10H2,1H3,(H,21,23)/t16-/m0/s1. The van der Waals surface area contributed by atoms with Crippen LogP contribution in [0.2, 0.25) is 5.02 Å². The average molecular weight is 389 g/mol. The summed E-state index contributed by atoms with van der Waals surface area (Å²) in [6.07, 6.45) is 2.29. The predicted molar refractivity (Wildman–Crippen MR) is 104 cm³/mol. The molecule has 1 N–H and O–H groups in total. The summed E-state index contributed by atoms with van der Waals surface area (Å²) < 4.78 is 0. The number of amides is 3. The van der Waals surface area contributed by atoms with Crippen LogP contribution in [-0.2, 0) is 4.79 Å². The van der Waals surface area contributed by atoms with Crippen LogP contribution in [0.5, 0.6) is 0 Å². The molecule has 3 amide bonds. The van der Waals surface area contributed by atoms with Gasteiger partial charge in [0.25, 0.3) is 11.8 Å². The normalized spacial score (nSPS) is 14.3. The van der Waals surface area contributed by atoms with Crippen molar-refractivity contribution in [3.05, 3.63) is 64.7 Å². The number of rotatable bonds is 6. The van der Waals surface area contributed by atoms with Gasteiger partial charge in [-0.25, -0.2) is 0 Å². The van der Waals surface area contributed by atoms with Crippen molar-refractivity contribution < 1.29 is 14.4 Å². The third kappa shape index (κ3) is 3.61. The van der Waals surface area contributed by atoms with E-state index >= 15 is 0 Å². The van der Waals surface area contributed by atoms with Crippen molar-refractivity contribution in [2.45, 2.75) is 12.5 Å². The summed E-state index contributed by atoms with van der Waals surface area (Å²) in [4.78, 5) is 39.4. The largest absolute Gasteiger partial charge is 0.324 e. The van der Waals surface area contributed by atoms with Gasteiger partial charge in [-0.3, -0.25) is 19.3 Å². The highest BCUT2D eigenvalue weighted by atomic mass is 35.5. The van der Waals surface area contributed by atoms with Crippen LogP contribution in [0.3, 0.4) is 0 Å². The van der Waals surface area contributed by atoms with Gasteiger partial charge in [0, 0.05) is 10.7 Å². The first-order chi connectivity index (χ1) is 12.5. The summed E-state index contributed by atoms with van der Waals surface area (Å²) in [7, 11) is 0. The number of fused-ring (bicyclic) bond motifs is 1. The highest BCUT2D eigenvalue weighted by Gasteiger charge is 2.42. The Labute approximate surface area is 160 Å². The van der Waals surface area contributed by atoms with E-state index in [9.17, 15) is 14.4 Å². The van der Waals surface area contributed by atoms with Crippen LogP contribution in [0.4, 0.5) is 5.69 Å². The van der Waals surface area contributed by atoms with Crippen molar-refractivity contribution in [2.75, 3.05) is 17.3 Å². The summed E-state index contributed by atoms with van der Waals surface area (Å²) in [5, 5.41) is 3.25. The highest BCUT2D eigenvalue weighted by Crippen LogP contribution is 2.27. The lowest BCUT2D eigenvalue weighted by atomic mass is 10.1. The molecule has 26 heavy (non-hydrogen) atoms. The molecule has 0 unspecified atom stereocenters. The number of nitrogens with one attached hydrogen (secondary N) is 1. The van der Waals surface area contributed by atoms with Gasteiger partial charge >= 0.3 is 0 Å². The molecule has 0 spiro atoms. The molecule has 134 valence electrons. The number of hydrogen-bond donors (Lipinski definition) is 1. The molecule has 3 rings (SSSR count). The Hall–Kier alpha value is -2.31. The first-order valence-corrected chi connectivity index (χ1v) is 9.82. The van der Waals surface area contributed by atoms with Crippen molar-refractivity contribution in [1.29, 1.82) is 0 Å². The van der Waals surface area contributed by atoms with Gasteiger partial charge in [-0.1, -0.05) is 29.8 Å². The molecule has 2 aromatic carbocycles. The van der Waals surface area contributed by atoms with E-state index in [1.807, 2.05) is 6.26 Å². The van der Waals surface area contributed by atoms with Crippen LogP contribution in [0.1, 0.15) is 27.1 Å². The Morgan fingerprint density at radius 3 is 2.35 bits per heavy atom. The van der Waals surface area contributed by atoms with Crippen LogP contribution < -0.4 is 5.32 Å². The Balaban J connectivity index is 1.88. The Kier molecular flexibility index (Phi) is 5.64. The summed E-state index contributed by atoms with van der Waals surface area (Å²) in [5.74, 6) is -0.632. The van der Waals surface area contributed by atoms with Gasteiger partial charge in [-0.05, 0) is 48.8 Å². The maximum absolute atomic E-state index is 12.8. The van der Waals surface area contributed by atoms with E-state index in [4.69, 9.17) is 11.6 Å². The summed E-state index contributed by atoms with van der Waals surface area (Å²) in [6.45, 7) is 0. The SMILES string of the molecule is CSCC[C@@H](C(=O)Nc1cccc(Cl)c1)N1C(=O)c2ccccc2C1=O. The van der Waals surface area contributed by atoms with E-state index in [0.29, 0.717) is 34.0 Å². The molecule has 0 bridgehead atoms. The fraction of sp³-hybridized carbons (Fsp3) is 0.211. The second kappa shape index (κ2) is 7.93. The molecule has 1 atom stereocenters. The molecule has 0 saturated heterocycles. The number of hydrogen-bond acceptors (Lipinski definition) is 4. The van der Waals surface area contributed by atoms with Crippen LogP contribution in [0, 0.1) is 0 Å². The van der Waals surface area contributed by atoms with E-state index in [2.05, 4.69) is 5.32 Å². The maximum atomic E-state index is 12.8. The van der Waals surface area contributed by atoms with Crippen LogP contribution in [0.25, 0.3) is 0 Å². The van der Waals surface area contributed by atoms with Gasteiger partial charge in [0.2, 0.25) is 5.91 Å². The summed E-state index contributed by atoms with van der Waals surface area (Å²) in [5.41, 5.74) is 1.19. The molecule has 1 heterocycles. The first-order valence-electron chi connectivity index (χ1n) is 8.05. The van der Waals surface area contributed by atoms with Crippen LogP contribution in [0.15, 0.2) is 48.5 Å². The molecule has 0 radical (unpaired) electrons.